The van der Waals surface area contributed by atoms with Gasteiger partial charge in [-0.15, -0.1) is 0 Å². The first kappa shape index (κ1) is 9.97. The number of aromatic nitrogens is 1. The Morgan fingerprint density at radius 2 is 2.07 bits per heavy atom. The van der Waals surface area contributed by atoms with E-state index in [0.717, 1.165) is 23.0 Å². The number of nitrogens with zero attached hydrogens (tertiary/aromatic N) is 1. The minimum Gasteiger partial charge on any atom is -0.399 e. The van der Waals surface area contributed by atoms with Crippen LogP contribution in [-0.4, -0.2) is 4.98 Å². The summed E-state index contributed by atoms with van der Waals surface area (Å²) in [6, 6.07) is 10.0. The van der Waals surface area contributed by atoms with Gasteiger partial charge in [0.1, 0.15) is 0 Å². The Balaban J connectivity index is 2.34. The van der Waals surface area contributed by atoms with Crippen molar-refractivity contribution >= 4 is 16.6 Å². The van der Waals surface area contributed by atoms with Crippen LogP contribution in [0.25, 0.3) is 10.9 Å². The van der Waals surface area contributed by atoms with Gasteiger partial charge in [0.25, 0.3) is 0 Å². The fraction of sp³-hybridized carbons (Fsp3) is 0.308. The van der Waals surface area contributed by atoms with Gasteiger partial charge in [0.05, 0.1) is 5.52 Å². The second-order valence-corrected chi connectivity index (χ2v) is 3.86. The molecular weight excluding hydrogens is 184 g/mol. The minimum atomic E-state index is 0.797. The number of anilines is 1. The van der Waals surface area contributed by atoms with Gasteiger partial charge in [-0.05, 0) is 37.1 Å². The number of pyridine rings is 1. The Labute approximate surface area is 90.1 Å². The highest BCUT2D eigenvalue weighted by atomic mass is 14.7. The van der Waals surface area contributed by atoms with Crippen LogP contribution in [0.5, 0.6) is 0 Å². The summed E-state index contributed by atoms with van der Waals surface area (Å²) in [7, 11) is 0. The van der Waals surface area contributed by atoms with Crippen LogP contribution in [0.2, 0.25) is 0 Å². The number of fused-ring (bicyclic) bond motifs is 1. The standard InChI is InChI=1S/C13H16N2/c1-2-3-4-12-7-5-10-9-11(14)6-8-13(10)15-12/h5-9H,2-4,14H2,1H3. The quantitative estimate of drug-likeness (QED) is 0.773. The minimum absolute atomic E-state index is 0.797. The van der Waals surface area contributed by atoms with Crippen LogP contribution in [-0.2, 0) is 6.42 Å². The lowest BCUT2D eigenvalue weighted by molar-refractivity contribution is 0.780. The molecule has 0 aliphatic rings. The molecule has 0 aliphatic carbocycles. The number of nitrogens with two attached hydrogens (primary N) is 1. The zero-order valence-corrected chi connectivity index (χ0v) is 9.03. The Morgan fingerprint density at radius 3 is 2.87 bits per heavy atom. The van der Waals surface area contributed by atoms with Gasteiger partial charge in [-0.1, -0.05) is 19.4 Å². The molecule has 78 valence electrons. The molecule has 1 heterocycles. The number of hydrogen-bond acceptors (Lipinski definition) is 2. The van der Waals surface area contributed by atoms with Crippen molar-refractivity contribution in [2.75, 3.05) is 5.73 Å². The number of hydrogen-bond donors (Lipinski definition) is 1. The third-order valence-corrected chi connectivity index (χ3v) is 2.56. The van der Waals surface area contributed by atoms with Crippen molar-refractivity contribution in [1.82, 2.24) is 4.98 Å². The first-order valence-corrected chi connectivity index (χ1v) is 5.45. The fourth-order valence-corrected chi connectivity index (χ4v) is 1.68. The molecule has 0 bridgehead atoms. The Kier molecular flexibility index (Phi) is 2.86. The molecule has 2 heteroatoms. The van der Waals surface area contributed by atoms with Crippen LogP contribution in [0.15, 0.2) is 30.3 Å². The highest BCUT2D eigenvalue weighted by Crippen LogP contribution is 2.16. The van der Waals surface area contributed by atoms with Gasteiger partial charge < -0.3 is 5.73 Å². The summed E-state index contributed by atoms with van der Waals surface area (Å²) < 4.78 is 0. The number of unbranched alkanes of at least 4 members (excludes halogenated alkanes) is 1. The number of aryl methyl sites for hydroxylation is 1. The Bertz CT molecular complexity index is 463. The third kappa shape index (κ3) is 2.27. The zero-order valence-electron chi connectivity index (χ0n) is 9.03. The van der Waals surface area contributed by atoms with E-state index in [0.29, 0.717) is 0 Å². The van der Waals surface area contributed by atoms with Crippen molar-refractivity contribution in [2.45, 2.75) is 26.2 Å². The summed E-state index contributed by atoms with van der Waals surface area (Å²) in [6.45, 7) is 2.20. The molecule has 0 saturated heterocycles. The van der Waals surface area contributed by atoms with Gasteiger partial charge in [0.2, 0.25) is 0 Å². The smallest absolute Gasteiger partial charge is 0.0706 e. The number of rotatable bonds is 3. The molecule has 0 atom stereocenters. The molecule has 2 N–H and O–H groups in total. The zero-order chi connectivity index (χ0) is 10.7. The second-order valence-electron chi connectivity index (χ2n) is 3.86. The highest BCUT2D eigenvalue weighted by molar-refractivity contribution is 5.81. The second kappa shape index (κ2) is 4.30. The van der Waals surface area contributed by atoms with Crippen LogP contribution in [0.1, 0.15) is 25.5 Å². The predicted octanol–water partition coefficient (Wildman–Crippen LogP) is 3.16. The largest absolute Gasteiger partial charge is 0.399 e. The van der Waals surface area contributed by atoms with E-state index in [1.165, 1.54) is 18.5 Å². The van der Waals surface area contributed by atoms with Crippen molar-refractivity contribution in [1.29, 1.82) is 0 Å². The van der Waals surface area contributed by atoms with Crippen LogP contribution in [0.4, 0.5) is 5.69 Å². The number of benzene rings is 1. The lowest BCUT2D eigenvalue weighted by Gasteiger charge is -2.02. The van der Waals surface area contributed by atoms with E-state index in [1.54, 1.807) is 0 Å². The maximum Gasteiger partial charge on any atom is 0.0706 e. The molecule has 1 aromatic heterocycles. The summed E-state index contributed by atoms with van der Waals surface area (Å²) >= 11 is 0. The summed E-state index contributed by atoms with van der Waals surface area (Å²) in [5, 5.41) is 1.12. The SMILES string of the molecule is CCCCc1ccc2cc(N)ccc2n1. The molecule has 2 nitrogen and oxygen atoms in total. The molecule has 2 aromatic rings. The summed E-state index contributed by atoms with van der Waals surface area (Å²) in [4.78, 5) is 4.60. The van der Waals surface area contributed by atoms with Crippen molar-refractivity contribution < 1.29 is 0 Å². The topological polar surface area (TPSA) is 38.9 Å². The van der Waals surface area contributed by atoms with Crippen molar-refractivity contribution in [2.24, 2.45) is 0 Å². The third-order valence-electron chi connectivity index (χ3n) is 2.56. The summed E-state index contributed by atoms with van der Waals surface area (Å²) in [5.74, 6) is 0. The van der Waals surface area contributed by atoms with Gasteiger partial charge in [0, 0.05) is 16.8 Å². The molecular formula is C13H16N2. The van der Waals surface area contributed by atoms with E-state index in [4.69, 9.17) is 5.73 Å². The predicted molar refractivity (Wildman–Crippen MR) is 64.8 cm³/mol. The average Bonchev–Trinajstić information content (AvgIpc) is 2.26. The normalized spacial score (nSPS) is 10.7. The van der Waals surface area contributed by atoms with E-state index in [-0.39, 0.29) is 0 Å². The van der Waals surface area contributed by atoms with Crippen LogP contribution in [0, 0.1) is 0 Å². The van der Waals surface area contributed by atoms with Crippen molar-refractivity contribution in [3.8, 4) is 0 Å². The van der Waals surface area contributed by atoms with Crippen molar-refractivity contribution in [3.63, 3.8) is 0 Å². The molecule has 0 fully saturated rings. The van der Waals surface area contributed by atoms with E-state index in [9.17, 15) is 0 Å². The van der Waals surface area contributed by atoms with Crippen molar-refractivity contribution in [3.05, 3.63) is 36.0 Å². The van der Waals surface area contributed by atoms with Crippen LogP contribution >= 0.6 is 0 Å². The Morgan fingerprint density at radius 1 is 1.20 bits per heavy atom. The van der Waals surface area contributed by atoms with E-state index in [2.05, 4.69) is 24.0 Å². The molecule has 15 heavy (non-hydrogen) atoms. The van der Waals surface area contributed by atoms with Crippen LogP contribution < -0.4 is 5.73 Å². The molecule has 0 saturated carbocycles. The molecule has 1 aromatic carbocycles. The molecule has 0 aliphatic heterocycles. The molecule has 0 unspecified atom stereocenters. The Hall–Kier alpha value is -1.57. The van der Waals surface area contributed by atoms with E-state index >= 15 is 0 Å². The molecule has 2 rings (SSSR count). The van der Waals surface area contributed by atoms with Gasteiger partial charge in [-0.3, -0.25) is 4.98 Å². The molecule has 0 amide bonds. The molecule has 0 spiro atoms. The summed E-state index contributed by atoms with van der Waals surface area (Å²) in [6.07, 6.45) is 3.48. The van der Waals surface area contributed by atoms with E-state index in [1.807, 2.05) is 18.2 Å². The van der Waals surface area contributed by atoms with Gasteiger partial charge in [0.15, 0.2) is 0 Å². The lowest BCUT2D eigenvalue weighted by Crippen LogP contribution is -1.91. The lowest BCUT2D eigenvalue weighted by atomic mass is 10.1. The van der Waals surface area contributed by atoms with Gasteiger partial charge in [-0.2, -0.15) is 0 Å². The fourth-order valence-electron chi connectivity index (χ4n) is 1.68. The van der Waals surface area contributed by atoms with Gasteiger partial charge in [-0.25, -0.2) is 0 Å². The first-order valence-electron chi connectivity index (χ1n) is 5.45. The van der Waals surface area contributed by atoms with Gasteiger partial charge >= 0.3 is 0 Å². The maximum absolute atomic E-state index is 5.71. The summed E-state index contributed by atoms with van der Waals surface area (Å²) in [5.41, 5.74) is 8.73. The average molecular weight is 200 g/mol. The number of nitrogen functional groups attached to an aromatic ring is 1. The first-order chi connectivity index (χ1) is 7.29. The van der Waals surface area contributed by atoms with E-state index < -0.39 is 0 Å². The van der Waals surface area contributed by atoms with Crippen LogP contribution in [0.3, 0.4) is 0 Å². The monoisotopic (exact) mass is 200 g/mol. The molecule has 0 radical (unpaired) electrons. The highest BCUT2D eigenvalue weighted by Gasteiger charge is 1.98. The maximum atomic E-state index is 5.71.